The van der Waals surface area contributed by atoms with Gasteiger partial charge in [0.05, 0.1) is 0 Å². The van der Waals surface area contributed by atoms with E-state index in [4.69, 9.17) is 22.5 Å². The van der Waals surface area contributed by atoms with Crippen LogP contribution < -0.4 is 5.73 Å². The van der Waals surface area contributed by atoms with E-state index in [1.165, 1.54) is 23.1 Å². The molecule has 88 valence electrons. The molecule has 2 rings (SSSR count). The van der Waals surface area contributed by atoms with Crippen LogP contribution in [0.2, 0.25) is 5.02 Å². The lowest BCUT2D eigenvalue weighted by molar-refractivity contribution is 0.318. The van der Waals surface area contributed by atoms with Gasteiger partial charge >= 0.3 is 0 Å². The van der Waals surface area contributed by atoms with Crippen LogP contribution in [0.25, 0.3) is 0 Å². The zero-order valence-corrected chi connectivity index (χ0v) is 10.9. The van der Waals surface area contributed by atoms with Gasteiger partial charge in [-0.25, -0.2) is 4.98 Å². The maximum atomic E-state index is 8.72. The first-order chi connectivity index (χ1) is 8.20. The maximum absolute atomic E-state index is 8.72. The molecule has 0 radical (unpaired) electrons. The molecule has 0 bridgehead atoms. The van der Waals surface area contributed by atoms with Gasteiger partial charge in [-0.3, -0.25) is 0 Å². The van der Waals surface area contributed by atoms with Crippen molar-refractivity contribution in [2.75, 3.05) is 0 Å². The standard InChI is InChI=1S/C10H8ClN3OS2/c11-6-1-2-7(9(12)14-15)8(5-6)17-10-13-3-4-16-10/h1-5,15H,(H2,12,14). The van der Waals surface area contributed by atoms with Gasteiger partial charge in [-0.05, 0) is 18.2 Å². The third-order valence-corrected chi connectivity index (χ3v) is 4.11. The lowest BCUT2D eigenvalue weighted by Gasteiger charge is -2.06. The van der Waals surface area contributed by atoms with E-state index < -0.39 is 0 Å². The molecule has 3 N–H and O–H groups in total. The SMILES string of the molecule is NC(=NO)c1ccc(Cl)cc1Sc1nccs1. The van der Waals surface area contributed by atoms with Crippen LogP contribution in [0.4, 0.5) is 0 Å². The van der Waals surface area contributed by atoms with E-state index in [9.17, 15) is 0 Å². The van der Waals surface area contributed by atoms with Crippen LogP contribution in [0.15, 0.2) is 44.2 Å². The number of nitrogens with two attached hydrogens (primary N) is 1. The van der Waals surface area contributed by atoms with Gasteiger partial charge in [-0.1, -0.05) is 28.5 Å². The Bertz CT molecular complexity index is 542. The highest BCUT2D eigenvalue weighted by Crippen LogP contribution is 2.33. The molecule has 17 heavy (non-hydrogen) atoms. The largest absolute Gasteiger partial charge is 0.409 e. The zero-order chi connectivity index (χ0) is 12.3. The molecule has 0 spiro atoms. The summed E-state index contributed by atoms with van der Waals surface area (Å²) in [6.45, 7) is 0. The predicted octanol–water partition coefficient (Wildman–Crippen LogP) is 3.04. The average Bonchev–Trinajstić information content (AvgIpc) is 2.81. The summed E-state index contributed by atoms with van der Waals surface area (Å²) in [6, 6.07) is 5.18. The lowest BCUT2D eigenvalue weighted by Crippen LogP contribution is -2.14. The highest BCUT2D eigenvalue weighted by molar-refractivity contribution is 8.01. The van der Waals surface area contributed by atoms with Crippen molar-refractivity contribution >= 4 is 40.5 Å². The molecule has 4 nitrogen and oxygen atoms in total. The van der Waals surface area contributed by atoms with Gasteiger partial charge in [0, 0.05) is 27.1 Å². The van der Waals surface area contributed by atoms with Gasteiger partial charge in [0.1, 0.15) is 0 Å². The third-order valence-electron chi connectivity index (χ3n) is 1.93. The molecular weight excluding hydrogens is 278 g/mol. The Morgan fingerprint density at radius 1 is 1.53 bits per heavy atom. The van der Waals surface area contributed by atoms with E-state index in [1.807, 2.05) is 5.38 Å². The number of nitrogens with zero attached hydrogens (tertiary/aromatic N) is 2. The molecule has 0 atom stereocenters. The van der Waals surface area contributed by atoms with E-state index >= 15 is 0 Å². The second-order valence-electron chi connectivity index (χ2n) is 3.03. The maximum Gasteiger partial charge on any atom is 0.171 e. The van der Waals surface area contributed by atoms with Gasteiger partial charge in [0.15, 0.2) is 10.2 Å². The highest BCUT2D eigenvalue weighted by Gasteiger charge is 2.10. The predicted molar refractivity (Wildman–Crippen MR) is 70.2 cm³/mol. The number of halogens is 1. The number of hydrogen-bond acceptors (Lipinski definition) is 5. The van der Waals surface area contributed by atoms with Crippen LogP contribution in [-0.2, 0) is 0 Å². The van der Waals surface area contributed by atoms with Crippen LogP contribution in [0.5, 0.6) is 0 Å². The summed E-state index contributed by atoms with van der Waals surface area (Å²) < 4.78 is 0.874. The molecule has 0 unspecified atom stereocenters. The smallest absolute Gasteiger partial charge is 0.171 e. The van der Waals surface area contributed by atoms with E-state index in [0.29, 0.717) is 10.6 Å². The molecule has 0 saturated carbocycles. The summed E-state index contributed by atoms with van der Waals surface area (Å²) >= 11 is 8.88. The number of benzene rings is 1. The van der Waals surface area contributed by atoms with Crippen molar-refractivity contribution in [3.8, 4) is 0 Å². The van der Waals surface area contributed by atoms with Gasteiger partial charge in [0.25, 0.3) is 0 Å². The summed E-state index contributed by atoms with van der Waals surface area (Å²) in [7, 11) is 0. The fourth-order valence-electron chi connectivity index (χ4n) is 1.20. The van der Waals surface area contributed by atoms with Crippen molar-refractivity contribution in [1.29, 1.82) is 0 Å². The molecule has 0 fully saturated rings. The summed E-state index contributed by atoms with van der Waals surface area (Å²) in [6.07, 6.45) is 1.72. The monoisotopic (exact) mass is 285 g/mol. The molecule has 1 aromatic heterocycles. The normalized spacial score (nSPS) is 11.7. The highest BCUT2D eigenvalue weighted by atomic mass is 35.5. The Labute approximate surface area is 111 Å². The van der Waals surface area contributed by atoms with Crippen molar-refractivity contribution in [3.05, 3.63) is 40.4 Å². The van der Waals surface area contributed by atoms with Crippen molar-refractivity contribution < 1.29 is 5.21 Å². The minimum Gasteiger partial charge on any atom is -0.409 e. The Hall–Kier alpha value is -1.24. The molecule has 0 aliphatic heterocycles. The van der Waals surface area contributed by atoms with Gasteiger partial charge in [-0.15, -0.1) is 11.3 Å². The molecule has 1 heterocycles. The van der Waals surface area contributed by atoms with Crippen LogP contribution >= 0.6 is 34.7 Å². The number of aromatic nitrogens is 1. The van der Waals surface area contributed by atoms with E-state index in [-0.39, 0.29) is 5.84 Å². The van der Waals surface area contributed by atoms with Crippen molar-refractivity contribution in [2.45, 2.75) is 9.24 Å². The van der Waals surface area contributed by atoms with Crippen LogP contribution in [0, 0.1) is 0 Å². The summed E-state index contributed by atoms with van der Waals surface area (Å²) in [4.78, 5) is 4.97. The molecular formula is C10H8ClN3OS2. The average molecular weight is 286 g/mol. The van der Waals surface area contributed by atoms with Gasteiger partial charge in [0.2, 0.25) is 0 Å². The van der Waals surface area contributed by atoms with Gasteiger partial charge < -0.3 is 10.9 Å². The molecule has 0 saturated heterocycles. The number of hydrogen-bond donors (Lipinski definition) is 2. The minimum atomic E-state index is 0.0562. The Morgan fingerprint density at radius 3 is 3.00 bits per heavy atom. The molecule has 1 aromatic carbocycles. The Balaban J connectivity index is 2.40. The Morgan fingerprint density at radius 2 is 2.35 bits per heavy atom. The summed E-state index contributed by atoms with van der Waals surface area (Å²) in [5.41, 5.74) is 6.24. The summed E-state index contributed by atoms with van der Waals surface area (Å²) in [5, 5.41) is 14.2. The van der Waals surface area contributed by atoms with Crippen molar-refractivity contribution in [1.82, 2.24) is 4.98 Å². The molecule has 0 amide bonds. The lowest BCUT2D eigenvalue weighted by atomic mass is 10.2. The number of thiazole rings is 1. The Kier molecular flexibility index (Phi) is 3.88. The van der Waals surface area contributed by atoms with E-state index in [0.717, 1.165) is 9.24 Å². The molecule has 0 aliphatic carbocycles. The fraction of sp³-hybridized carbons (Fsp3) is 0. The van der Waals surface area contributed by atoms with Crippen LogP contribution in [0.3, 0.4) is 0 Å². The second kappa shape index (κ2) is 5.39. The fourth-order valence-corrected chi connectivity index (χ4v) is 3.20. The van der Waals surface area contributed by atoms with Crippen LogP contribution in [0.1, 0.15) is 5.56 Å². The number of rotatable bonds is 3. The number of amidine groups is 1. The first-order valence-electron chi connectivity index (χ1n) is 4.55. The quantitative estimate of drug-likeness (QED) is 0.393. The van der Waals surface area contributed by atoms with E-state index in [1.54, 1.807) is 24.4 Å². The van der Waals surface area contributed by atoms with Gasteiger partial charge in [-0.2, -0.15) is 0 Å². The second-order valence-corrected chi connectivity index (χ2v) is 5.65. The van der Waals surface area contributed by atoms with Crippen molar-refractivity contribution in [2.24, 2.45) is 10.9 Å². The zero-order valence-electron chi connectivity index (χ0n) is 8.50. The van der Waals surface area contributed by atoms with E-state index in [2.05, 4.69) is 10.1 Å². The third kappa shape index (κ3) is 2.91. The number of oxime groups is 1. The first kappa shape index (κ1) is 12.2. The first-order valence-corrected chi connectivity index (χ1v) is 6.63. The molecule has 7 heteroatoms. The molecule has 0 aliphatic rings. The summed E-state index contributed by atoms with van der Waals surface area (Å²) in [5.74, 6) is 0.0562. The van der Waals surface area contributed by atoms with Crippen LogP contribution in [-0.4, -0.2) is 16.0 Å². The minimum absolute atomic E-state index is 0.0562. The molecule has 2 aromatic rings. The topological polar surface area (TPSA) is 71.5 Å². The van der Waals surface area contributed by atoms with Crippen molar-refractivity contribution in [3.63, 3.8) is 0 Å².